The van der Waals surface area contributed by atoms with Gasteiger partial charge in [-0.25, -0.2) is 0 Å². The number of anilines is 1. The average molecular weight is 357 g/mol. The van der Waals surface area contributed by atoms with Crippen LogP contribution in [0.25, 0.3) is 0 Å². The fourth-order valence-corrected chi connectivity index (χ4v) is 2.89. The molecule has 138 valence electrons. The van der Waals surface area contributed by atoms with E-state index in [1.807, 2.05) is 37.3 Å². The number of guanidine groups is 1. The van der Waals surface area contributed by atoms with Gasteiger partial charge in [-0.3, -0.25) is 9.79 Å². The zero-order valence-electron chi connectivity index (χ0n) is 15.2. The minimum absolute atomic E-state index is 0.0311. The third-order valence-electron chi connectivity index (χ3n) is 4.16. The van der Waals surface area contributed by atoms with E-state index in [0.29, 0.717) is 25.5 Å². The van der Waals surface area contributed by atoms with E-state index in [2.05, 4.69) is 20.8 Å². The first-order valence-corrected chi connectivity index (χ1v) is 8.43. The van der Waals surface area contributed by atoms with Crippen LogP contribution in [-0.2, 0) is 11.3 Å². The molecule has 1 unspecified atom stereocenters. The highest BCUT2D eigenvalue weighted by atomic mass is 16.5. The van der Waals surface area contributed by atoms with Gasteiger partial charge in [0.05, 0.1) is 25.4 Å². The highest BCUT2D eigenvalue weighted by Gasteiger charge is 2.31. The number of hydrogen-bond acceptors (Lipinski definition) is 5. The summed E-state index contributed by atoms with van der Waals surface area (Å²) in [5.41, 5.74) is 1.67. The molecule has 0 radical (unpaired) electrons. The number of amides is 1. The van der Waals surface area contributed by atoms with Crippen molar-refractivity contribution in [2.24, 2.45) is 4.99 Å². The molecule has 26 heavy (non-hydrogen) atoms. The summed E-state index contributed by atoms with van der Waals surface area (Å²) in [5, 5.41) is 10.3. The molecule has 8 nitrogen and oxygen atoms in total. The summed E-state index contributed by atoms with van der Waals surface area (Å²) in [4.78, 5) is 18.4. The Labute approximate surface area is 152 Å². The molecule has 8 heteroatoms. The quantitative estimate of drug-likeness (QED) is 0.622. The first kappa shape index (κ1) is 17.8. The molecule has 1 aromatic carbocycles. The van der Waals surface area contributed by atoms with Crippen LogP contribution in [0.1, 0.15) is 17.9 Å². The van der Waals surface area contributed by atoms with Crippen LogP contribution in [0.15, 0.2) is 39.8 Å². The maximum atomic E-state index is 12.4. The molecule has 0 bridgehead atoms. The first-order valence-electron chi connectivity index (χ1n) is 8.43. The minimum Gasteiger partial charge on any atom is -0.497 e. The lowest BCUT2D eigenvalue weighted by molar-refractivity contribution is -0.117. The summed E-state index contributed by atoms with van der Waals surface area (Å²) in [6.07, 6.45) is 0.402. The molecule has 3 rings (SSSR count). The van der Waals surface area contributed by atoms with Gasteiger partial charge in [0.2, 0.25) is 5.91 Å². The van der Waals surface area contributed by atoms with Crippen LogP contribution in [0.4, 0.5) is 5.69 Å². The van der Waals surface area contributed by atoms with E-state index in [1.54, 1.807) is 19.1 Å². The van der Waals surface area contributed by atoms with E-state index >= 15 is 0 Å². The summed E-state index contributed by atoms with van der Waals surface area (Å²) in [6, 6.07) is 9.33. The number of ether oxygens (including phenoxy) is 1. The SMILES string of the molecule is CN=C(NCc1cc(C)no1)NC1CC(=O)N(c2cccc(OC)c2)C1. The summed E-state index contributed by atoms with van der Waals surface area (Å²) in [5.74, 6) is 2.14. The molecule has 0 spiro atoms. The second kappa shape index (κ2) is 7.90. The van der Waals surface area contributed by atoms with Crippen LogP contribution >= 0.6 is 0 Å². The van der Waals surface area contributed by atoms with Crippen molar-refractivity contribution in [2.75, 3.05) is 25.6 Å². The second-order valence-corrected chi connectivity index (χ2v) is 6.11. The summed E-state index contributed by atoms with van der Waals surface area (Å²) in [7, 11) is 3.30. The van der Waals surface area contributed by atoms with Crippen LogP contribution in [0.3, 0.4) is 0 Å². The van der Waals surface area contributed by atoms with Crippen molar-refractivity contribution >= 4 is 17.6 Å². The van der Waals surface area contributed by atoms with Crippen LogP contribution in [0.2, 0.25) is 0 Å². The Morgan fingerprint density at radius 2 is 2.31 bits per heavy atom. The molecule has 2 N–H and O–H groups in total. The maximum absolute atomic E-state index is 12.4. The van der Waals surface area contributed by atoms with Crippen molar-refractivity contribution < 1.29 is 14.1 Å². The zero-order chi connectivity index (χ0) is 18.5. The number of nitrogens with zero attached hydrogens (tertiary/aromatic N) is 3. The van der Waals surface area contributed by atoms with E-state index < -0.39 is 0 Å². The molecule has 1 amide bonds. The second-order valence-electron chi connectivity index (χ2n) is 6.11. The molecule has 2 heterocycles. The predicted molar refractivity (Wildman–Crippen MR) is 98.3 cm³/mol. The van der Waals surface area contributed by atoms with Gasteiger partial charge in [0, 0.05) is 37.8 Å². The largest absolute Gasteiger partial charge is 0.497 e. The van der Waals surface area contributed by atoms with Gasteiger partial charge in [-0.2, -0.15) is 0 Å². The number of rotatable bonds is 5. The topological polar surface area (TPSA) is 92.0 Å². The van der Waals surface area contributed by atoms with Gasteiger partial charge in [0.25, 0.3) is 0 Å². The van der Waals surface area contributed by atoms with Crippen molar-refractivity contribution in [2.45, 2.75) is 25.9 Å². The lowest BCUT2D eigenvalue weighted by atomic mass is 10.2. The normalized spacial score (nSPS) is 17.5. The number of methoxy groups -OCH3 is 1. The van der Waals surface area contributed by atoms with Crippen LogP contribution in [0.5, 0.6) is 5.75 Å². The highest BCUT2D eigenvalue weighted by molar-refractivity contribution is 5.97. The smallest absolute Gasteiger partial charge is 0.229 e. The van der Waals surface area contributed by atoms with E-state index in [-0.39, 0.29) is 11.9 Å². The predicted octanol–water partition coefficient (Wildman–Crippen LogP) is 1.46. The number of benzene rings is 1. The van der Waals surface area contributed by atoms with Gasteiger partial charge in [0.1, 0.15) is 5.75 Å². The molecule has 1 aromatic heterocycles. The van der Waals surface area contributed by atoms with E-state index in [4.69, 9.17) is 9.26 Å². The van der Waals surface area contributed by atoms with Crippen LogP contribution < -0.4 is 20.3 Å². The fraction of sp³-hybridized carbons (Fsp3) is 0.389. The molecular formula is C18H23N5O3. The Balaban J connectivity index is 1.58. The van der Waals surface area contributed by atoms with E-state index in [0.717, 1.165) is 22.9 Å². The highest BCUT2D eigenvalue weighted by Crippen LogP contribution is 2.25. The van der Waals surface area contributed by atoms with Gasteiger partial charge in [-0.15, -0.1) is 0 Å². The van der Waals surface area contributed by atoms with Crippen LogP contribution in [-0.4, -0.2) is 43.8 Å². The van der Waals surface area contributed by atoms with Gasteiger partial charge < -0.3 is 24.8 Å². The maximum Gasteiger partial charge on any atom is 0.229 e. The van der Waals surface area contributed by atoms with Crippen molar-refractivity contribution in [3.05, 3.63) is 41.8 Å². The van der Waals surface area contributed by atoms with Crippen molar-refractivity contribution in [3.8, 4) is 5.75 Å². The molecule has 1 aliphatic heterocycles. The fourth-order valence-electron chi connectivity index (χ4n) is 2.89. The van der Waals surface area contributed by atoms with Crippen molar-refractivity contribution in [1.82, 2.24) is 15.8 Å². The van der Waals surface area contributed by atoms with Gasteiger partial charge in [-0.1, -0.05) is 11.2 Å². The lowest BCUT2D eigenvalue weighted by Crippen LogP contribution is -2.44. The number of carbonyl (C=O) groups is 1. The molecule has 1 aliphatic rings. The monoisotopic (exact) mass is 357 g/mol. The molecule has 2 aromatic rings. The van der Waals surface area contributed by atoms with E-state index in [1.165, 1.54) is 0 Å². The number of hydrogen-bond donors (Lipinski definition) is 2. The molecule has 1 fully saturated rings. The van der Waals surface area contributed by atoms with E-state index in [9.17, 15) is 4.79 Å². The third kappa shape index (κ3) is 4.14. The summed E-state index contributed by atoms with van der Waals surface area (Å²) >= 11 is 0. The summed E-state index contributed by atoms with van der Waals surface area (Å²) < 4.78 is 10.4. The average Bonchev–Trinajstić information content (AvgIpc) is 3.23. The number of aromatic nitrogens is 1. The lowest BCUT2D eigenvalue weighted by Gasteiger charge is -2.19. The Bertz CT molecular complexity index is 802. The standard InChI is InChI=1S/C18H23N5O3/c1-12-7-16(26-22-12)10-20-18(19-2)21-13-8-17(24)23(11-13)14-5-4-6-15(9-14)25-3/h4-7,9,13H,8,10-11H2,1-3H3,(H2,19,20,21). The third-order valence-corrected chi connectivity index (χ3v) is 4.16. The first-order chi connectivity index (χ1) is 12.6. The number of aryl methyl sites for hydroxylation is 1. The Hall–Kier alpha value is -3.03. The molecule has 0 saturated carbocycles. The molecule has 1 atom stereocenters. The molecular weight excluding hydrogens is 334 g/mol. The van der Waals surface area contributed by atoms with Crippen molar-refractivity contribution in [1.29, 1.82) is 0 Å². The zero-order valence-corrected chi connectivity index (χ0v) is 15.2. The molecule has 1 saturated heterocycles. The van der Waals surface area contributed by atoms with Gasteiger partial charge in [-0.05, 0) is 19.1 Å². The minimum atomic E-state index is -0.0311. The Morgan fingerprint density at radius 3 is 3.00 bits per heavy atom. The van der Waals surface area contributed by atoms with Gasteiger partial charge >= 0.3 is 0 Å². The number of aliphatic imine (C=N–C) groups is 1. The Morgan fingerprint density at radius 1 is 1.46 bits per heavy atom. The molecule has 0 aliphatic carbocycles. The van der Waals surface area contributed by atoms with Gasteiger partial charge in [0.15, 0.2) is 11.7 Å². The number of carbonyl (C=O) groups excluding carboxylic acids is 1. The van der Waals surface area contributed by atoms with Crippen LogP contribution in [0, 0.1) is 6.92 Å². The van der Waals surface area contributed by atoms with Crippen molar-refractivity contribution in [3.63, 3.8) is 0 Å². The summed E-state index contributed by atoms with van der Waals surface area (Å²) in [6.45, 7) is 2.91. The number of nitrogens with one attached hydrogen (secondary N) is 2. The Kier molecular flexibility index (Phi) is 5.40.